The molecule has 0 atom stereocenters. The molecule has 0 bridgehead atoms. The summed E-state index contributed by atoms with van der Waals surface area (Å²) in [5.41, 5.74) is 7.25. The summed E-state index contributed by atoms with van der Waals surface area (Å²) in [4.78, 5) is 4.64. The van der Waals surface area contributed by atoms with Crippen LogP contribution in [0, 0.1) is 5.41 Å². The monoisotopic (exact) mass is 489 g/mol. The first-order chi connectivity index (χ1) is 12.7. The van der Waals surface area contributed by atoms with Crippen molar-refractivity contribution in [3.8, 4) is 11.5 Å². The van der Waals surface area contributed by atoms with Gasteiger partial charge in [-0.3, -0.25) is 4.99 Å². The van der Waals surface area contributed by atoms with Gasteiger partial charge in [0, 0.05) is 37.9 Å². The third-order valence-corrected chi connectivity index (χ3v) is 5.25. The summed E-state index contributed by atoms with van der Waals surface area (Å²) in [5.74, 6) is 1.98. The number of guanidine groups is 1. The van der Waals surface area contributed by atoms with E-state index in [4.69, 9.17) is 19.9 Å². The highest BCUT2D eigenvalue weighted by Gasteiger charge is 2.33. The molecule has 1 aromatic carbocycles. The highest BCUT2D eigenvalue weighted by molar-refractivity contribution is 14.0. The number of fused-ring (bicyclic) bond motifs is 1. The van der Waals surface area contributed by atoms with Crippen LogP contribution in [0.15, 0.2) is 23.2 Å². The zero-order chi connectivity index (χ0) is 18.2. The lowest BCUT2D eigenvalue weighted by Gasteiger charge is -2.27. The molecule has 0 unspecified atom stereocenters. The number of benzene rings is 1. The molecule has 7 heteroatoms. The molecule has 1 heterocycles. The normalized spacial score (nSPS) is 18.5. The Morgan fingerprint density at radius 1 is 1.19 bits per heavy atom. The highest BCUT2D eigenvalue weighted by atomic mass is 127. The molecular formula is C20H32IN3O3. The van der Waals surface area contributed by atoms with Crippen LogP contribution in [0.3, 0.4) is 0 Å². The van der Waals surface area contributed by atoms with Crippen LogP contribution >= 0.6 is 24.0 Å². The Hall–Kier alpha value is -1.22. The molecule has 2 aliphatic rings. The van der Waals surface area contributed by atoms with Gasteiger partial charge in [0.1, 0.15) is 0 Å². The minimum atomic E-state index is 0. The number of nitrogens with two attached hydrogens (primary N) is 1. The first kappa shape index (κ1) is 22.1. The molecule has 1 aliphatic heterocycles. The lowest BCUT2D eigenvalue weighted by Crippen LogP contribution is -2.28. The number of rotatable bonds is 7. The topological polar surface area (TPSA) is 78.1 Å². The SMILES string of the molecule is CCOCCC1(CN=C(N)Nc2ccc3c(c2)OCCCO3)CCCC1.I. The average molecular weight is 489 g/mol. The smallest absolute Gasteiger partial charge is 0.193 e. The summed E-state index contributed by atoms with van der Waals surface area (Å²) in [6, 6.07) is 5.77. The van der Waals surface area contributed by atoms with Gasteiger partial charge in [-0.05, 0) is 43.7 Å². The second kappa shape index (κ2) is 10.9. The Morgan fingerprint density at radius 3 is 2.67 bits per heavy atom. The van der Waals surface area contributed by atoms with E-state index in [-0.39, 0.29) is 29.4 Å². The summed E-state index contributed by atoms with van der Waals surface area (Å²) in [6.45, 7) is 5.73. The van der Waals surface area contributed by atoms with E-state index in [1.165, 1.54) is 25.7 Å². The van der Waals surface area contributed by atoms with Crippen LogP contribution in [-0.4, -0.2) is 38.9 Å². The van der Waals surface area contributed by atoms with Crippen LogP contribution < -0.4 is 20.5 Å². The molecule has 1 fully saturated rings. The molecule has 0 saturated heterocycles. The number of hydrogen-bond donors (Lipinski definition) is 2. The van der Waals surface area contributed by atoms with Gasteiger partial charge in [0.25, 0.3) is 0 Å². The van der Waals surface area contributed by atoms with E-state index in [0.717, 1.165) is 49.8 Å². The zero-order valence-corrected chi connectivity index (χ0v) is 18.5. The number of halogens is 1. The van der Waals surface area contributed by atoms with Crippen molar-refractivity contribution in [2.45, 2.75) is 45.4 Å². The van der Waals surface area contributed by atoms with Gasteiger partial charge in [-0.25, -0.2) is 0 Å². The van der Waals surface area contributed by atoms with E-state index >= 15 is 0 Å². The molecule has 1 aliphatic carbocycles. The van der Waals surface area contributed by atoms with Gasteiger partial charge >= 0.3 is 0 Å². The quantitative estimate of drug-likeness (QED) is 0.260. The van der Waals surface area contributed by atoms with Crippen LogP contribution in [0.2, 0.25) is 0 Å². The summed E-state index contributed by atoms with van der Waals surface area (Å²) < 4.78 is 16.9. The fourth-order valence-electron chi connectivity index (χ4n) is 3.73. The number of hydrogen-bond acceptors (Lipinski definition) is 4. The van der Waals surface area contributed by atoms with E-state index in [9.17, 15) is 0 Å². The Kier molecular flexibility index (Phi) is 8.95. The predicted molar refractivity (Wildman–Crippen MR) is 120 cm³/mol. The molecule has 6 nitrogen and oxygen atoms in total. The maximum atomic E-state index is 6.14. The van der Waals surface area contributed by atoms with Crippen molar-refractivity contribution >= 4 is 35.6 Å². The Balaban J connectivity index is 0.00000261. The van der Waals surface area contributed by atoms with Crippen molar-refractivity contribution in [1.82, 2.24) is 0 Å². The molecule has 3 rings (SSSR count). The van der Waals surface area contributed by atoms with Crippen molar-refractivity contribution in [3.63, 3.8) is 0 Å². The number of nitrogens with zero attached hydrogens (tertiary/aromatic N) is 1. The van der Waals surface area contributed by atoms with Gasteiger partial charge in [0.2, 0.25) is 0 Å². The first-order valence-electron chi connectivity index (χ1n) is 9.75. The Morgan fingerprint density at radius 2 is 1.93 bits per heavy atom. The maximum absolute atomic E-state index is 6.14. The van der Waals surface area contributed by atoms with Crippen LogP contribution in [0.5, 0.6) is 11.5 Å². The lowest BCUT2D eigenvalue weighted by atomic mass is 9.83. The van der Waals surface area contributed by atoms with Crippen LogP contribution in [0.1, 0.15) is 45.4 Å². The third-order valence-electron chi connectivity index (χ3n) is 5.25. The average Bonchev–Trinajstić information content (AvgIpc) is 2.98. The molecule has 1 aromatic rings. The molecule has 27 heavy (non-hydrogen) atoms. The summed E-state index contributed by atoms with van der Waals surface area (Å²) in [5, 5.41) is 3.18. The van der Waals surface area contributed by atoms with Crippen LogP contribution in [0.25, 0.3) is 0 Å². The fourth-order valence-corrected chi connectivity index (χ4v) is 3.73. The Labute approximate surface area is 179 Å². The summed E-state index contributed by atoms with van der Waals surface area (Å²) >= 11 is 0. The van der Waals surface area contributed by atoms with Gasteiger partial charge < -0.3 is 25.3 Å². The van der Waals surface area contributed by atoms with Gasteiger partial charge in [0.05, 0.1) is 13.2 Å². The van der Waals surface area contributed by atoms with E-state index < -0.39 is 0 Å². The number of anilines is 1. The van der Waals surface area contributed by atoms with Crippen LogP contribution in [0.4, 0.5) is 5.69 Å². The lowest BCUT2D eigenvalue weighted by molar-refractivity contribution is 0.107. The largest absolute Gasteiger partial charge is 0.490 e. The molecule has 0 spiro atoms. The highest BCUT2D eigenvalue weighted by Crippen LogP contribution is 2.41. The van der Waals surface area contributed by atoms with Gasteiger partial charge in [0.15, 0.2) is 17.5 Å². The molecule has 0 aromatic heterocycles. The van der Waals surface area contributed by atoms with Crippen molar-refractivity contribution in [3.05, 3.63) is 18.2 Å². The standard InChI is InChI=1S/C20H31N3O3.HI/c1-2-24-13-10-20(8-3-4-9-20)15-22-19(21)23-16-6-7-17-18(14-16)26-12-5-11-25-17;/h6-7,14H,2-5,8-13,15H2,1H3,(H3,21,22,23);1H. The van der Waals surface area contributed by atoms with E-state index in [1.54, 1.807) is 0 Å². The van der Waals surface area contributed by atoms with Crippen molar-refractivity contribution in [1.29, 1.82) is 0 Å². The zero-order valence-electron chi connectivity index (χ0n) is 16.2. The number of nitrogens with one attached hydrogen (secondary N) is 1. The van der Waals surface area contributed by atoms with Gasteiger partial charge in [-0.1, -0.05) is 12.8 Å². The fraction of sp³-hybridized carbons (Fsp3) is 0.650. The number of aliphatic imine (C=N–C) groups is 1. The molecule has 3 N–H and O–H groups in total. The molecule has 1 saturated carbocycles. The maximum Gasteiger partial charge on any atom is 0.193 e. The molecule has 152 valence electrons. The molecular weight excluding hydrogens is 457 g/mol. The third kappa shape index (κ3) is 6.41. The Bertz CT molecular complexity index is 618. The summed E-state index contributed by atoms with van der Waals surface area (Å²) in [6.07, 6.45) is 6.92. The second-order valence-electron chi connectivity index (χ2n) is 7.19. The molecule has 0 amide bonds. The second-order valence-corrected chi connectivity index (χ2v) is 7.19. The van der Waals surface area contributed by atoms with Crippen molar-refractivity contribution < 1.29 is 14.2 Å². The van der Waals surface area contributed by atoms with Gasteiger partial charge in [-0.15, -0.1) is 24.0 Å². The van der Waals surface area contributed by atoms with E-state index in [2.05, 4.69) is 10.3 Å². The van der Waals surface area contributed by atoms with Crippen molar-refractivity contribution in [2.75, 3.05) is 38.3 Å². The predicted octanol–water partition coefficient (Wildman–Crippen LogP) is 4.18. The minimum absolute atomic E-state index is 0. The number of ether oxygens (including phenoxy) is 3. The van der Waals surface area contributed by atoms with Crippen LogP contribution in [-0.2, 0) is 4.74 Å². The summed E-state index contributed by atoms with van der Waals surface area (Å²) in [7, 11) is 0. The van der Waals surface area contributed by atoms with E-state index in [1.807, 2.05) is 25.1 Å². The first-order valence-corrected chi connectivity index (χ1v) is 9.75. The van der Waals surface area contributed by atoms with E-state index in [0.29, 0.717) is 19.2 Å². The minimum Gasteiger partial charge on any atom is -0.490 e. The molecule has 0 radical (unpaired) electrons. The van der Waals surface area contributed by atoms with Gasteiger partial charge in [-0.2, -0.15) is 0 Å². The van der Waals surface area contributed by atoms with Crippen molar-refractivity contribution in [2.24, 2.45) is 16.1 Å².